The molecule has 0 bridgehead atoms. The lowest BCUT2D eigenvalue weighted by Gasteiger charge is -2.08. The molecule has 0 spiro atoms. The second-order valence-corrected chi connectivity index (χ2v) is 4.88. The highest BCUT2D eigenvalue weighted by atomic mass is 35.5. The van der Waals surface area contributed by atoms with Crippen LogP contribution in [-0.4, -0.2) is 15.9 Å². The fourth-order valence-corrected chi connectivity index (χ4v) is 1.99. The maximum atomic E-state index is 12.0. The van der Waals surface area contributed by atoms with Crippen molar-refractivity contribution in [2.24, 2.45) is 0 Å². The number of amides is 1. The van der Waals surface area contributed by atoms with Gasteiger partial charge in [0.15, 0.2) is 0 Å². The summed E-state index contributed by atoms with van der Waals surface area (Å²) in [6.07, 6.45) is 0. The molecule has 0 aliphatic rings. The lowest BCUT2D eigenvalue weighted by Crippen LogP contribution is -2.12. The van der Waals surface area contributed by atoms with Crippen LogP contribution in [0.1, 0.15) is 10.4 Å². The summed E-state index contributed by atoms with van der Waals surface area (Å²) in [5, 5.41) is 23.0. The Hall–Kier alpha value is -2.31. The van der Waals surface area contributed by atoms with E-state index in [1.807, 2.05) is 0 Å². The molecule has 0 saturated heterocycles. The van der Waals surface area contributed by atoms with Gasteiger partial charge >= 0.3 is 0 Å². The molecule has 1 amide bonds. The molecule has 8 heteroatoms. The minimum absolute atomic E-state index is 0.0130. The number of rotatable bonds is 3. The number of aromatic hydroxyl groups is 1. The molecular formula is C13H8Cl2N2O4. The standard InChI is InChI=1S/C13H8Cl2N2O4/c14-7-1-4-12(18)9(5-7)13(19)16-11-3-2-8(17(20)21)6-10(11)15/h1-6,18H,(H,16,19)/i13-1. The molecule has 6 nitrogen and oxygen atoms in total. The number of halogens is 2. The number of hydrogen-bond acceptors (Lipinski definition) is 4. The minimum Gasteiger partial charge on any atom is -0.507 e. The SMILES string of the molecule is O=[11C](Nc1ccc([N+](=O)[O-])cc1Cl)c1cc(Cl)ccc1O. The van der Waals surface area contributed by atoms with Crippen molar-refractivity contribution in [3.8, 4) is 5.75 Å². The second kappa shape index (κ2) is 5.99. The van der Waals surface area contributed by atoms with Crippen molar-refractivity contribution in [1.82, 2.24) is 0 Å². The number of non-ortho nitro benzene ring substituents is 1. The number of carbonyl (C=O) groups is 1. The summed E-state index contributed by atoms with van der Waals surface area (Å²) in [6, 6.07) is 7.65. The molecule has 0 aliphatic carbocycles. The first kappa shape index (κ1) is 15.1. The van der Waals surface area contributed by atoms with Gasteiger partial charge in [0, 0.05) is 17.2 Å². The first-order valence-corrected chi connectivity index (χ1v) is 6.38. The van der Waals surface area contributed by atoms with Crippen LogP contribution in [0, 0.1) is 10.1 Å². The zero-order valence-corrected chi connectivity index (χ0v) is 11.9. The molecule has 2 N–H and O–H groups in total. The van der Waals surface area contributed by atoms with Crippen LogP contribution in [0.3, 0.4) is 0 Å². The van der Waals surface area contributed by atoms with Gasteiger partial charge in [-0.25, -0.2) is 0 Å². The van der Waals surface area contributed by atoms with Gasteiger partial charge in [0.25, 0.3) is 11.6 Å². The number of carbonyl (C=O) groups excluding carboxylic acids is 1. The third-order valence-corrected chi connectivity index (χ3v) is 3.16. The third kappa shape index (κ3) is 3.42. The van der Waals surface area contributed by atoms with Gasteiger partial charge in [0.05, 0.1) is 21.2 Å². The monoisotopic (exact) mass is 325 g/mol. The first-order valence-electron chi connectivity index (χ1n) is 5.62. The van der Waals surface area contributed by atoms with E-state index >= 15 is 0 Å². The van der Waals surface area contributed by atoms with E-state index < -0.39 is 10.8 Å². The zero-order chi connectivity index (χ0) is 15.6. The quantitative estimate of drug-likeness (QED) is 0.662. The highest BCUT2D eigenvalue weighted by molar-refractivity contribution is 6.34. The fourth-order valence-electron chi connectivity index (χ4n) is 1.60. The van der Waals surface area contributed by atoms with Gasteiger partial charge in [-0.1, -0.05) is 23.2 Å². The van der Waals surface area contributed by atoms with Crippen molar-refractivity contribution in [1.29, 1.82) is 0 Å². The maximum absolute atomic E-state index is 12.0. The third-order valence-electron chi connectivity index (χ3n) is 2.61. The number of anilines is 1. The Kier molecular flexibility index (Phi) is 4.30. The van der Waals surface area contributed by atoms with Crippen molar-refractivity contribution < 1.29 is 14.8 Å². The van der Waals surface area contributed by atoms with Gasteiger partial charge in [-0.05, 0) is 24.3 Å². The van der Waals surface area contributed by atoms with Crippen LogP contribution < -0.4 is 5.32 Å². The van der Waals surface area contributed by atoms with Gasteiger partial charge < -0.3 is 10.4 Å². The Morgan fingerprint density at radius 3 is 2.52 bits per heavy atom. The Morgan fingerprint density at radius 1 is 1.19 bits per heavy atom. The molecule has 108 valence electrons. The number of hydrogen-bond donors (Lipinski definition) is 2. The van der Waals surface area contributed by atoms with Crippen LogP contribution in [0.5, 0.6) is 5.75 Å². The van der Waals surface area contributed by atoms with E-state index in [1.165, 1.54) is 30.3 Å². The average Bonchev–Trinajstić information content (AvgIpc) is 2.43. The van der Waals surface area contributed by atoms with E-state index in [-0.39, 0.29) is 32.7 Å². The first-order chi connectivity index (χ1) is 9.88. The Morgan fingerprint density at radius 2 is 1.90 bits per heavy atom. The van der Waals surface area contributed by atoms with Gasteiger partial charge in [-0.2, -0.15) is 0 Å². The molecule has 2 aromatic carbocycles. The van der Waals surface area contributed by atoms with E-state index in [0.717, 1.165) is 6.07 Å². The van der Waals surface area contributed by atoms with Crippen molar-refractivity contribution >= 4 is 40.5 Å². The number of phenols is 1. The summed E-state index contributed by atoms with van der Waals surface area (Å²) in [7, 11) is 0. The smallest absolute Gasteiger partial charge is 0.271 e. The van der Waals surface area contributed by atoms with E-state index in [0.29, 0.717) is 0 Å². The van der Waals surface area contributed by atoms with E-state index in [4.69, 9.17) is 23.2 Å². The fraction of sp³-hybridized carbons (Fsp3) is 0. The summed E-state index contributed by atoms with van der Waals surface area (Å²) in [4.78, 5) is 22.0. The van der Waals surface area contributed by atoms with E-state index in [9.17, 15) is 20.0 Å². The summed E-state index contributed by atoms with van der Waals surface area (Å²) < 4.78 is 0. The predicted octanol–water partition coefficient (Wildman–Crippen LogP) is 3.86. The molecule has 0 radical (unpaired) electrons. The second-order valence-electron chi connectivity index (χ2n) is 4.04. The van der Waals surface area contributed by atoms with Gasteiger partial charge in [-0.3, -0.25) is 14.9 Å². The minimum atomic E-state index is -0.634. The molecule has 0 heterocycles. The Balaban J connectivity index is 2.27. The highest BCUT2D eigenvalue weighted by Crippen LogP contribution is 2.28. The maximum Gasteiger partial charge on any atom is 0.271 e. The Labute approximate surface area is 129 Å². The van der Waals surface area contributed by atoms with Gasteiger partial charge in [0.1, 0.15) is 5.75 Å². The van der Waals surface area contributed by atoms with Crippen molar-refractivity contribution in [3.63, 3.8) is 0 Å². The molecule has 0 fully saturated rings. The summed E-state index contributed by atoms with van der Waals surface area (Å²) in [5.41, 5.74) is -0.0350. The van der Waals surface area contributed by atoms with Crippen molar-refractivity contribution in [2.75, 3.05) is 5.32 Å². The summed E-state index contributed by atoms with van der Waals surface area (Å²) in [5.74, 6) is -0.874. The largest absolute Gasteiger partial charge is 0.507 e. The van der Waals surface area contributed by atoms with Crippen molar-refractivity contribution in [3.05, 3.63) is 62.1 Å². The normalized spacial score (nSPS) is 10.2. The number of nitrogens with one attached hydrogen (secondary N) is 1. The number of benzene rings is 2. The molecule has 21 heavy (non-hydrogen) atoms. The van der Waals surface area contributed by atoms with Gasteiger partial charge in [-0.15, -0.1) is 0 Å². The van der Waals surface area contributed by atoms with Crippen LogP contribution in [0.4, 0.5) is 11.4 Å². The molecule has 0 aliphatic heterocycles. The lowest BCUT2D eigenvalue weighted by molar-refractivity contribution is -0.384. The molecule has 0 unspecified atom stereocenters. The molecular weight excluding hydrogens is 318 g/mol. The number of nitrogens with zero attached hydrogens (tertiary/aromatic N) is 1. The zero-order valence-electron chi connectivity index (χ0n) is 10.3. The molecule has 0 atom stereocenters. The topological polar surface area (TPSA) is 92.5 Å². The number of nitro benzene ring substituents is 1. The molecule has 0 saturated carbocycles. The summed E-state index contributed by atoms with van der Waals surface area (Å²) in [6.45, 7) is 0. The van der Waals surface area contributed by atoms with Crippen LogP contribution in [0.2, 0.25) is 10.0 Å². The van der Waals surface area contributed by atoms with E-state index in [2.05, 4.69) is 5.32 Å². The van der Waals surface area contributed by atoms with Crippen LogP contribution in [0.25, 0.3) is 0 Å². The number of phenolic OH excluding ortho intramolecular Hbond substituents is 1. The van der Waals surface area contributed by atoms with Crippen LogP contribution in [0.15, 0.2) is 36.4 Å². The predicted molar refractivity (Wildman–Crippen MR) is 79.2 cm³/mol. The van der Waals surface area contributed by atoms with E-state index in [1.54, 1.807) is 0 Å². The number of nitro groups is 1. The molecule has 0 aromatic heterocycles. The molecule has 2 aromatic rings. The lowest BCUT2D eigenvalue weighted by atomic mass is 9.87. The molecule has 2 rings (SSSR count). The summed E-state index contributed by atoms with van der Waals surface area (Å²) >= 11 is 11.6. The van der Waals surface area contributed by atoms with Crippen molar-refractivity contribution in [2.45, 2.75) is 0 Å². The van der Waals surface area contributed by atoms with Crippen LogP contribution >= 0.6 is 23.2 Å². The van der Waals surface area contributed by atoms with Gasteiger partial charge in [0.2, 0.25) is 0 Å². The average molecular weight is 326 g/mol. The highest BCUT2D eigenvalue weighted by Gasteiger charge is 2.15. The van der Waals surface area contributed by atoms with Crippen LogP contribution in [-0.2, 0) is 0 Å². The Bertz CT molecular complexity index is 734.